The predicted octanol–water partition coefficient (Wildman–Crippen LogP) is 1.61. The Labute approximate surface area is 85.3 Å². The number of imidazole rings is 1. The minimum Gasteiger partial charge on any atom is -0.384 e. The molecule has 0 spiro atoms. The van der Waals surface area contributed by atoms with E-state index in [0.717, 1.165) is 17.9 Å². The molecule has 1 heterocycles. The molecule has 3 nitrogen and oxygen atoms in total. The third kappa shape index (κ3) is 2.08. The van der Waals surface area contributed by atoms with Gasteiger partial charge in [0.15, 0.2) is 0 Å². The highest BCUT2D eigenvalue weighted by molar-refractivity contribution is 5.38. The van der Waals surface area contributed by atoms with E-state index in [2.05, 4.69) is 24.8 Å². The Kier molecular flexibility index (Phi) is 3.19. The second-order valence-corrected chi connectivity index (χ2v) is 3.88. The first-order valence-corrected chi connectivity index (χ1v) is 4.81. The molecule has 0 unspecified atom stereocenters. The lowest BCUT2D eigenvalue weighted by Gasteiger charge is -2.04. The van der Waals surface area contributed by atoms with Gasteiger partial charge < -0.3 is 10.3 Å². The molecule has 14 heavy (non-hydrogen) atoms. The van der Waals surface area contributed by atoms with Crippen LogP contribution in [0.15, 0.2) is 0 Å². The van der Waals surface area contributed by atoms with Crippen LogP contribution < -0.4 is 5.73 Å². The summed E-state index contributed by atoms with van der Waals surface area (Å²) in [6.07, 6.45) is 6.16. The maximum atomic E-state index is 5.94. The summed E-state index contributed by atoms with van der Waals surface area (Å²) >= 11 is 0. The Hall–Kier alpha value is -1.43. The molecule has 76 valence electrons. The molecule has 0 aliphatic heterocycles. The van der Waals surface area contributed by atoms with Gasteiger partial charge >= 0.3 is 0 Å². The van der Waals surface area contributed by atoms with Gasteiger partial charge in [-0.05, 0) is 19.3 Å². The van der Waals surface area contributed by atoms with E-state index in [1.54, 1.807) is 0 Å². The van der Waals surface area contributed by atoms with E-state index in [4.69, 9.17) is 12.2 Å². The minimum absolute atomic E-state index is 0.503. The van der Waals surface area contributed by atoms with Crippen LogP contribution >= 0.6 is 0 Å². The first kappa shape index (κ1) is 10.6. The average molecular weight is 191 g/mol. The zero-order valence-corrected chi connectivity index (χ0v) is 9.04. The molecular formula is C11H17N3. The molecule has 0 radical (unpaired) electrons. The molecule has 0 aliphatic rings. The predicted molar refractivity (Wildman–Crippen MR) is 58.8 cm³/mol. The number of rotatable bonds is 3. The van der Waals surface area contributed by atoms with Gasteiger partial charge in [0.25, 0.3) is 0 Å². The molecule has 0 amide bonds. The summed E-state index contributed by atoms with van der Waals surface area (Å²) in [5, 5.41) is 0. The number of terminal acetylenes is 1. The summed E-state index contributed by atoms with van der Waals surface area (Å²) in [6, 6.07) is 0. The van der Waals surface area contributed by atoms with Gasteiger partial charge in [0.05, 0.1) is 12.2 Å². The monoisotopic (exact) mass is 191 g/mol. The third-order valence-electron chi connectivity index (χ3n) is 2.12. The van der Waals surface area contributed by atoms with E-state index in [0.29, 0.717) is 18.3 Å². The molecule has 2 N–H and O–H groups in total. The Morgan fingerprint density at radius 1 is 1.57 bits per heavy atom. The summed E-state index contributed by atoms with van der Waals surface area (Å²) < 4.78 is 1.87. The van der Waals surface area contributed by atoms with Gasteiger partial charge in [-0.2, -0.15) is 0 Å². The second kappa shape index (κ2) is 4.19. The zero-order valence-electron chi connectivity index (χ0n) is 9.04. The van der Waals surface area contributed by atoms with Crippen LogP contribution in [0.4, 0.5) is 5.82 Å². The van der Waals surface area contributed by atoms with Crippen molar-refractivity contribution in [3.8, 4) is 12.3 Å². The quantitative estimate of drug-likeness (QED) is 0.737. The van der Waals surface area contributed by atoms with Crippen LogP contribution in [-0.2, 0) is 13.0 Å². The smallest absolute Gasteiger partial charge is 0.127 e. The molecule has 0 saturated heterocycles. The fourth-order valence-electron chi connectivity index (χ4n) is 1.47. The topological polar surface area (TPSA) is 43.8 Å². The van der Waals surface area contributed by atoms with Crippen LogP contribution in [0, 0.1) is 25.2 Å². The van der Waals surface area contributed by atoms with Crippen molar-refractivity contribution < 1.29 is 0 Å². The van der Waals surface area contributed by atoms with Crippen molar-refractivity contribution >= 4 is 5.82 Å². The number of nitrogens with zero attached hydrogens (tertiary/aromatic N) is 2. The molecular weight excluding hydrogens is 174 g/mol. The largest absolute Gasteiger partial charge is 0.384 e. The molecule has 0 aromatic carbocycles. The van der Waals surface area contributed by atoms with E-state index < -0.39 is 0 Å². The van der Waals surface area contributed by atoms with Crippen molar-refractivity contribution in [2.75, 3.05) is 5.73 Å². The standard InChI is InChI=1S/C11H17N3/c1-5-6-14-9(4)13-10(11(14)12)7-8(2)3/h1,8H,6-7,12H2,2-4H3. The summed E-state index contributed by atoms with van der Waals surface area (Å²) in [5.41, 5.74) is 6.91. The number of hydrogen-bond acceptors (Lipinski definition) is 2. The van der Waals surface area contributed by atoms with E-state index in [-0.39, 0.29) is 0 Å². The van der Waals surface area contributed by atoms with Crippen LogP contribution in [0.1, 0.15) is 25.4 Å². The SMILES string of the molecule is C#CCn1c(C)nc(CC(C)C)c1N. The van der Waals surface area contributed by atoms with Crippen molar-refractivity contribution in [2.24, 2.45) is 5.92 Å². The van der Waals surface area contributed by atoms with Crippen molar-refractivity contribution in [1.82, 2.24) is 9.55 Å². The maximum Gasteiger partial charge on any atom is 0.127 e. The van der Waals surface area contributed by atoms with Crippen LogP contribution in [0.3, 0.4) is 0 Å². The lowest BCUT2D eigenvalue weighted by Crippen LogP contribution is -2.05. The van der Waals surface area contributed by atoms with Gasteiger partial charge in [0.2, 0.25) is 0 Å². The molecule has 0 bridgehead atoms. The highest BCUT2D eigenvalue weighted by atomic mass is 15.1. The molecule has 0 aliphatic carbocycles. The molecule has 3 heteroatoms. The summed E-state index contributed by atoms with van der Waals surface area (Å²) in [7, 11) is 0. The van der Waals surface area contributed by atoms with Crippen molar-refractivity contribution in [3.05, 3.63) is 11.5 Å². The maximum absolute atomic E-state index is 5.94. The zero-order chi connectivity index (χ0) is 10.7. The van der Waals surface area contributed by atoms with E-state index >= 15 is 0 Å². The van der Waals surface area contributed by atoms with Gasteiger partial charge in [0.1, 0.15) is 11.6 Å². The second-order valence-electron chi connectivity index (χ2n) is 3.88. The van der Waals surface area contributed by atoms with Crippen LogP contribution in [0.25, 0.3) is 0 Å². The Balaban J connectivity index is 2.99. The Morgan fingerprint density at radius 2 is 2.21 bits per heavy atom. The van der Waals surface area contributed by atoms with E-state index in [1.807, 2.05) is 11.5 Å². The van der Waals surface area contributed by atoms with Crippen molar-refractivity contribution in [1.29, 1.82) is 0 Å². The van der Waals surface area contributed by atoms with E-state index in [9.17, 15) is 0 Å². The highest BCUT2D eigenvalue weighted by Gasteiger charge is 2.11. The number of hydrogen-bond donors (Lipinski definition) is 1. The number of aromatic nitrogens is 2. The van der Waals surface area contributed by atoms with Crippen molar-refractivity contribution in [3.63, 3.8) is 0 Å². The number of nitrogens with two attached hydrogens (primary N) is 1. The van der Waals surface area contributed by atoms with Crippen LogP contribution in [-0.4, -0.2) is 9.55 Å². The summed E-state index contributed by atoms with van der Waals surface area (Å²) in [4.78, 5) is 4.41. The first-order chi connectivity index (χ1) is 6.56. The number of aryl methyl sites for hydroxylation is 1. The lowest BCUT2D eigenvalue weighted by atomic mass is 10.1. The minimum atomic E-state index is 0.503. The molecule has 0 saturated carbocycles. The first-order valence-electron chi connectivity index (χ1n) is 4.81. The number of anilines is 1. The Morgan fingerprint density at radius 3 is 2.71 bits per heavy atom. The van der Waals surface area contributed by atoms with Gasteiger partial charge in [0, 0.05) is 0 Å². The van der Waals surface area contributed by atoms with Crippen LogP contribution in [0.2, 0.25) is 0 Å². The van der Waals surface area contributed by atoms with Crippen molar-refractivity contribution in [2.45, 2.75) is 33.7 Å². The van der Waals surface area contributed by atoms with Crippen LogP contribution in [0.5, 0.6) is 0 Å². The van der Waals surface area contributed by atoms with Gasteiger partial charge in [-0.3, -0.25) is 0 Å². The van der Waals surface area contributed by atoms with Gasteiger partial charge in [-0.25, -0.2) is 4.98 Å². The highest BCUT2D eigenvalue weighted by Crippen LogP contribution is 2.17. The van der Waals surface area contributed by atoms with Gasteiger partial charge in [-0.1, -0.05) is 19.8 Å². The normalized spacial score (nSPS) is 10.5. The molecule has 1 aromatic rings. The number of nitrogen functional groups attached to an aromatic ring is 1. The van der Waals surface area contributed by atoms with E-state index in [1.165, 1.54) is 0 Å². The fourth-order valence-corrected chi connectivity index (χ4v) is 1.47. The average Bonchev–Trinajstić information content (AvgIpc) is 2.32. The Bertz CT molecular complexity index is 355. The summed E-state index contributed by atoms with van der Waals surface area (Å²) in [5.74, 6) is 4.75. The molecule has 0 fully saturated rings. The molecule has 1 aromatic heterocycles. The molecule has 1 rings (SSSR count). The fraction of sp³-hybridized carbons (Fsp3) is 0.545. The lowest BCUT2D eigenvalue weighted by molar-refractivity contribution is 0.638. The summed E-state index contributed by atoms with van der Waals surface area (Å²) in [6.45, 7) is 6.73. The van der Waals surface area contributed by atoms with Gasteiger partial charge in [-0.15, -0.1) is 6.42 Å². The molecule has 0 atom stereocenters. The third-order valence-corrected chi connectivity index (χ3v) is 2.12.